The third-order valence-electron chi connectivity index (χ3n) is 7.31. The van der Waals surface area contributed by atoms with Crippen molar-refractivity contribution in [3.05, 3.63) is 59.9 Å². The van der Waals surface area contributed by atoms with Crippen molar-refractivity contribution in [2.45, 2.75) is 45.2 Å². The highest BCUT2D eigenvalue weighted by Gasteiger charge is 2.47. The van der Waals surface area contributed by atoms with Gasteiger partial charge in [0.2, 0.25) is 5.91 Å². The number of hydrogen-bond donors (Lipinski definition) is 1. The number of aromatic nitrogens is 1. The van der Waals surface area contributed by atoms with E-state index in [-0.39, 0.29) is 36.3 Å². The van der Waals surface area contributed by atoms with Crippen molar-refractivity contribution in [3.63, 3.8) is 0 Å². The number of carbonyl (C=O) groups is 2. The smallest absolute Gasteiger partial charge is 0.407 e. The number of nitrogens with zero attached hydrogens (tertiary/aromatic N) is 3. The van der Waals surface area contributed by atoms with Crippen LogP contribution in [0.3, 0.4) is 0 Å². The van der Waals surface area contributed by atoms with Gasteiger partial charge < -0.3 is 24.6 Å². The Balaban J connectivity index is 0.00000241. The van der Waals surface area contributed by atoms with Gasteiger partial charge in [0.1, 0.15) is 5.75 Å². The topological polar surface area (TPSA) is 84.0 Å². The predicted molar refractivity (Wildman–Crippen MR) is 147 cm³/mol. The van der Waals surface area contributed by atoms with Crippen LogP contribution in [0.4, 0.5) is 4.79 Å². The van der Waals surface area contributed by atoms with Crippen molar-refractivity contribution in [2.24, 2.45) is 5.41 Å². The van der Waals surface area contributed by atoms with Gasteiger partial charge in [-0.05, 0) is 75.0 Å². The van der Waals surface area contributed by atoms with E-state index in [2.05, 4.69) is 15.2 Å². The number of nitrogens with one attached hydrogen (secondary N) is 1. The number of alkyl carbamates (subject to hydrolysis) is 1. The Hall–Kier alpha value is -2.55. The molecule has 1 aromatic heterocycles. The number of rotatable bonds is 9. The Kier molecular flexibility index (Phi) is 11.9. The van der Waals surface area contributed by atoms with Crippen LogP contribution in [0.5, 0.6) is 5.75 Å². The lowest BCUT2D eigenvalue weighted by molar-refractivity contribution is -0.138. The molecule has 2 fully saturated rings. The van der Waals surface area contributed by atoms with Gasteiger partial charge >= 0.3 is 6.09 Å². The number of carbonyl (C=O) groups excluding carboxylic acids is 2. The summed E-state index contributed by atoms with van der Waals surface area (Å²) in [6.45, 7) is 6.18. The van der Waals surface area contributed by atoms with E-state index in [1.165, 1.54) is 0 Å². The molecule has 3 heterocycles. The van der Waals surface area contributed by atoms with Crippen molar-refractivity contribution in [1.82, 2.24) is 20.1 Å². The van der Waals surface area contributed by atoms with Crippen molar-refractivity contribution in [2.75, 3.05) is 39.9 Å². The summed E-state index contributed by atoms with van der Waals surface area (Å²) in [5.41, 5.74) is 1.84. The van der Waals surface area contributed by atoms with Crippen LogP contribution in [-0.4, -0.2) is 66.7 Å². The Morgan fingerprint density at radius 3 is 2.57 bits per heavy atom. The highest BCUT2D eigenvalue weighted by atomic mass is 35.5. The molecular weight excluding hydrogens is 515 g/mol. The molecule has 1 unspecified atom stereocenters. The first-order chi connectivity index (χ1) is 17.0. The monoisotopic (exact) mass is 552 g/mol. The summed E-state index contributed by atoms with van der Waals surface area (Å²) in [4.78, 5) is 34.1. The lowest BCUT2D eigenvalue weighted by Gasteiger charge is -2.38. The standard InChI is InChI=1S/C27H36N4O4.2ClH/c1-3-35-26(33)29-24(22-7-4-8-23(18-22)34-2)9-14-30-15-10-27(11-16-30)12-17-31(25(27)32)20-21-6-5-13-28-19-21;;/h4-8,13,18-19,24H,3,9-12,14-17,20H2,1-2H3,(H,29,33);2*1H. The molecule has 2 amide bonds. The summed E-state index contributed by atoms with van der Waals surface area (Å²) in [6, 6.07) is 11.5. The van der Waals surface area contributed by atoms with E-state index in [0.29, 0.717) is 19.1 Å². The maximum absolute atomic E-state index is 13.3. The van der Waals surface area contributed by atoms with Crippen LogP contribution in [0.15, 0.2) is 48.8 Å². The van der Waals surface area contributed by atoms with Gasteiger partial charge in [0, 0.05) is 32.0 Å². The summed E-state index contributed by atoms with van der Waals surface area (Å²) in [5.74, 6) is 1.05. The molecule has 0 bridgehead atoms. The van der Waals surface area contributed by atoms with E-state index in [9.17, 15) is 9.59 Å². The van der Waals surface area contributed by atoms with Gasteiger partial charge in [-0.25, -0.2) is 4.79 Å². The number of piperidine rings is 1. The number of methoxy groups -OCH3 is 1. The molecule has 1 spiro atoms. The molecule has 2 saturated heterocycles. The van der Waals surface area contributed by atoms with Gasteiger partial charge in [-0.15, -0.1) is 24.8 Å². The fraction of sp³-hybridized carbons (Fsp3) is 0.519. The maximum Gasteiger partial charge on any atom is 0.407 e. The molecule has 8 nitrogen and oxygen atoms in total. The SMILES string of the molecule is CCOC(=O)NC(CCN1CCC2(CC1)CCN(Cc1cccnc1)C2=O)c1cccc(OC)c1.Cl.Cl. The molecule has 204 valence electrons. The highest BCUT2D eigenvalue weighted by Crippen LogP contribution is 2.42. The zero-order valence-corrected chi connectivity index (χ0v) is 23.2. The zero-order chi connectivity index (χ0) is 24.7. The number of pyridine rings is 1. The van der Waals surface area contributed by atoms with Crippen molar-refractivity contribution in [1.29, 1.82) is 0 Å². The molecule has 2 aliphatic heterocycles. The van der Waals surface area contributed by atoms with E-state index >= 15 is 0 Å². The van der Waals surface area contributed by atoms with E-state index in [0.717, 1.165) is 68.7 Å². The van der Waals surface area contributed by atoms with Crippen LogP contribution in [0.1, 0.15) is 49.8 Å². The first-order valence-electron chi connectivity index (χ1n) is 12.5. The third-order valence-corrected chi connectivity index (χ3v) is 7.31. The molecule has 0 saturated carbocycles. The van der Waals surface area contributed by atoms with Gasteiger partial charge in [-0.2, -0.15) is 0 Å². The second kappa shape index (κ2) is 14.4. The second-order valence-corrected chi connectivity index (χ2v) is 9.44. The molecule has 4 rings (SSSR count). The van der Waals surface area contributed by atoms with Gasteiger partial charge in [-0.1, -0.05) is 18.2 Å². The minimum atomic E-state index is -0.414. The molecule has 1 atom stereocenters. The average Bonchev–Trinajstić information content (AvgIpc) is 3.18. The lowest BCUT2D eigenvalue weighted by atomic mass is 9.77. The lowest BCUT2D eigenvalue weighted by Crippen LogP contribution is -2.45. The molecule has 10 heteroatoms. The summed E-state index contributed by atoms with van der Waals surface area (Å²) in [5, 5.41) is 3.00. The first kappa shape index (κ1) is 30.7. The molecular formula is C27H38Cl2N4O4. The molecule has 2 aromatic rings. The molecule has 0 aliphatic carbocycles. The number of hydrogen-bond acceptors (Lipinski definition) is 6. The molecule has 1 N–H and O–H groups in total. The minimum absolute atomic E-state index is 0. The fourth-order valence-electron chi connectivity index (χ4n) is 5.23. The average molecular weight is 554 g/mol. The van der Waals surface area contributed by atoms with Crippen LogP contribution < -0.4 is 10.1 Å². The largest absolute Gasteiger partial charge is 0.497 e. The Morgan fingerprint density at radius 1 is 1.14 bits per heavy atom. The van der Waals surface area contributed by atoms with Gasteiger partial charge in [-0.3, -0.25) is 9.78 Å². The highest BCUT2D eigenvalue weighted by molar-refractivity contribution is 5.86. The number of benzene rings is 1. The normalized spacial score (nSPS) is 17.5. The van der Waals surface area contributed by atoms with Crippen LogP contribution in [0.25, 0.3) is 0 Å². The maximum atomic E-state index is 13.3. The number of likely N-dealkylation sites (tertiary alicyclic amines) is 2. The van der Waals surface area contributed by atoms with Crippen molar-refractivity contribution < 1.29 is 19.1 Å². The molecule has 1 aromatic carbocycles. The number of halogens is 2. The van der Waals surface area contributed by atoms with E-state index in [1.807, 2.05) is 47.5 Å². The van der Waals surface area contributed by atoms with Crippen molar-refractivity contribution in [3.8, 4) is 5.75 Å². The summed E-state index contributed by atoms with van der Waals surface area (Å²) >= 11 is 0. The Labute approximate surface area is 231 Å². The van der Waals surface area contributed by atoms with Gasteiger partial charge in [0.15, 0.2) is 0 Å². The van der Waals surface area contributed by atoms with Crippen molar-refractivity contribution >= 4 is 36.8 Å². The molecule has 2 aliphatic rings. The zero-order valence-electron chi connectivity index (χ0n) is 21.6. The summed E-state index contributed by atoms with van der Waals surface area (Å²) in [6.07, 6.45) is 6.62. The summed E-state index contributed by atoms with van der Waals surface area (Å²) < 4.78 is 10.5. The first-order valence-corrected chi connectivity index (χ1v) is 12.5. The second-order valence-electron chi connectivity index (χ2n) is 9.44. The van der Waals surface area contributed by atoms with E-state index < -0.39 is 6.09 Å². The van der Waals surface area contributed by atoms with E-state index in [4.69, 9.17) is 9.47 Å². The number of amides is 2. The third kappa shape index (κ3) is 7.72. The molecule has 0 radical (unpaired) electrons. The van der Waals surface area contributed by atoms with Crippen LogP contribution >= 0.6 is 24.8 Å². The fourth-order valence-corrected chi connectivity index (χ4v) is 5.23. The van der Waals surface area contributed by atoms with E-state index in [1.54, 1.807) is 20.2 Å². The van der Waals surface area contributed by atoms with Crippen LogP contribution in [0.2, 0.25) is 0 Å². The Morgan fingerprint density at radius 2 is 1.89 bits per heavy atom. The van der Waals surface area contributed by atoms with Gasteiger partial charge in [0.25, 0.3) is 0 Å². The quantitative estimate of drug-likeness (QED) is 0.488. The summed E-state index contributed by atoms with van der Waals surface area (Å²) in [7, 11) is 1.64. The van der Waals surface area contributed by atoms with Gasteiger partial charge in [0.05, 0.1) is 25.2 Å². The predicted octanol–water partition coefficient (Wildman–Crippen LogP) is 4.63. The van der Waals surface area contributed by atoms with Crippen LogP contribution in [-0.2, 0) is 16.1 Å². The Bertz CT molecular complexity index is 1000. The minimum Gasteiger partial charge on any atom is -0.497 e. The molecule has 37 heavy (non-hydrogen) atoms. The van der Waals surface area contributed by atoms with Crippen LogP contribution in [0, 0.1) is 5.41 Å². The number of ether oxygens (including phenoxy) is 2.